The number of nitrogens with one attached hydrogen (secondary N) is 2. The van der Waals surface area contributed by atoms with Gasteiger partial charge in [-0.3, -0.25) is 0 Å². The summed E-state index contributed by atoms with van der Waals surface area (Å²) in [4.78, 5) is 28.6. The van der Waals surface area contributed by atoms with E-state index in [2.05, 4.69) is 33.9 Å². The lowest BCUT2D eigenvalue weighted by Gasteiger charge is -2.09. The number of urea groups is 1. The summed E-state index contributed by atoms with van der Waals surface area (Å²) in [7, 11) is 0. The van der Waals surface area contributed by atoms with Crippen LogP contribution in [-0.2, 0) is 0 Å². The van der Waals surface area contributed by atoms with Gasteiger partial charge < -0.3 is 26.5 Å². The van der Waals surface area contributed by atoms with E-state index in [-0.39, 0.29) is 17.2 Å². The number of rotatable bonds is 5. The van der Waals surface area contributed by atoms with E-state index >= 15 is 0 Å². The largest absolute Gasteiger partial charge is 0.386 e. The van der Waals surface area contributed by atoms with Crippen molar-refractivity contribution in [3.05, 3.63) is 52.6 Å². The van der Waals surface area contributed by atoms with E-state index in [1.165, 1.54) is 12.3 Å². The van der Waals surface area contributed by atoms with Crippen molar-refractivity contribution >= 4 is 24.3 Å². The molecule has 0 aliphatic carbocycles. The Hall–Kier alpha value is -3.23. The Bertz CT molecular complexity index is 596. The van der Waals surface area contributed by atoms with E-state index in [0.29, 0.717) is 0 Å². The molecule has 0 saturated heterocycles. The lowest BCUT2D eigenvalue weighted by atomic mass is 10.4. The lowest BCUT2D eigenvalue weighted by Crippen LogP contribution is -2.29. The first kappa shape index (κ1) is 14.8. The van der Waals surface area contributed by atoms with Gasteiger partial charge in [-0.2, -0.15) is 0 Å². The van der Waals surface area contributed by atoms with Crippen molar-refractivity contribution in [2.45, 2.75) is 0 Å². The summed E-state index contributed by atoms with van der Waals surface area (Å²) in [6, 6.07) is 2.35. The molecule has 0 aliphatic rings. The van der Waals surface area contributed by atoms with Crippen molar-refractivity contribution in [2.75, 3.05) is 11.1 Å². The number of hydrogen-bond donors (Lipinski definition) is 3. The molecule has 9 nitrogen and oxygen atoms in total. The highest BCUT2D eigenvalue weighted by Gasteiger charge is 2.16. The van der Waals surface area contributed by atoms with E-state index in [0.717, 1.165) is 6.08 Å². The van der Waals surface area contributed by atoms with Gasteiger partial charge in [-0.15, -0.1) is 0 Å². The van der Waals surface area contributed by atoms with Crippen LogP contribution >= 0.6 is 0 Å². The third-order valence-electron chi connectivity index (χ3n) is 2.10. The minimum atomic E-state index is -0.789. The van der Waals surface area contributed by atoms with Crippen LogP contribution in [0.25, 0.3) is 0 Å². The summed E-state index contributed by atoms with van der Waals surface area (Å²) in [5.74, 6) is -0.502. The van der Waals surface area contributed by atoms with Gasteiger partial charge in [0.2, 0.25) is 0 Å². The first-order valence-electron chi connectivity index (χ1n) is 5.26. The standard InChI is InChI=1S/C11H12N6O3/c1-3-7(10(13-2)17(19)20)15-11(18)16-8-5-4-6-14-9(8)12/h3-6H,1-2H2,(H2,12,14)(H2,15,16,18)/b10-7-. The first-order chi connectivity index (χ1) is 9.49. The zero-order chi connectivity index (χ0) is 15.1. The number of anilines is 2. The number of nitro groups is 1. The number of allylic oxidation sites excluding steroid dienone is 1. The van der Waals surface area contributed by atoms with Crippen LogP contribution in [0.15, 0.2) is 47.5 Å². The summed E-state index contributed by atoms with van der Waals surface area (Å²) in [6.45, 7) is 6.42. The Morgan fingerprint density at radius 2 is 2.30 bits per heavy atom. The minimum Gasteiger partial charge on any atom is -0.382 e. The molecular formula is C11H12N6O3. The Balaban J connectivity index is 2.89. The van der Waals surface area contributed by atoms with Crippen molar-refractivity contribution in [3.8, 4) is 0 Å². The number of hydrogen-bond acceptors (Lipinski definition) is 6. The quantitative estimate of drug-likeness (QED) is 0.320. The highest BCUT2D eigenvalue weighted by molar-refractivity contribution is 5.93. The molecule has 0 bridgehead atoms. The maximum absolute atomic E-state index is 11.7. The molecule has 1 rings (SSSR count). The van der Waals surface area contributed by atoms with Gasteiger partial charge in [0.25, 0.3) is 0 Å². The van der Waals surface area contributed by atoms with E-state index in [1.54, 1.807) is 6.07 Å². The van der Waals surface area contributed by atoms with Gasteiger partial charge in [0, 0.05) is 6.20 Å². The molecule has 2 amide bonds. The number of carbonyl (C=O) groups is 1. The highest BCUT2D eigenvalue weighted by Crippen LogP contribution is 2.13. The van der Waals surface area contributed by atoms with Crippen molar-refractivity contribution in [2.24, 2.45) is 4.99 Å². The predicted octanol–water partition coefficient (Wildman–Crippen LogP) is 1.12. The van der Waals surface area contributed by atoms with Gasteiger partial charge in [-0.05, 0) is 23.1 Å². The number of nitrogen functional groups attached to an aromatic ring is 1. The molecule has 20 heavy (non-hydrogen) atoms. The summed E-state index contributed by atoms with van der Waals surface area (Å²) >= 11 is 0. The summed E-state index contributed by atoms with van der Waals surface area (Å²) < 4.78 is 0. The third-order valence-corrected chi connectivity index (χ3v) is 2.10. The molecule has 1 aromatic heterocycles. The second-order valence-electron chi connectivity index (χ2n) is 3.37. The maximum Gasteiger partial charge on any atom is 0.386 e. The monoisotopic (exact) mass is 276 g/mol. The average molecular weight is 276 g/mol. The number of aliphatic imine (C=N–C) groups is 1. The SMILES string of the molecule is C=C/C(NC(=O)Nc1cccnc1N)=C(\N=C)[N+](=O)[O-]. The molecule has 104 valence electrons. The van der Waals surface area contributed by atoms with Crippen LogP contribution in [0, 0.1) is 10.1 Å². The molecule has 0 aliphatic heterocycles. The van der Waals surface area contributed by atoms with Gasteiger partial charge >= 0.3 is 11.9 Å². The Morgan fingerprint density at radius 1 is 1.60 bits per heavy atom. The van der Waals surface area contributed by atoms with E-state index in [9.17, 15) is 14.9 Å². The zero-order valence-electron chi connectivity index (χ0n) is 10.4. The van der Waals surface area contributed by atoms with Gasteiger partial charge in [0.05, 0.1) is 5.69 Å². The fourth-order valence-corrected chi connectivity index (χ4v) is 1.24. The Morgan fingerprint density at radius 3 is 2.80 bits per heavy atom. The minimum absolute atomic E-state index is 0.114. The molecule has 0 spiro atoms. The number of nitrogens with zero attached hydrogens (tertiary/aromatic N) is 3. The lowest BCUT2D eigenvalue weighted by molar-refractivity contribution is -0.427. The molecule has 0 radical (unpaired) electrons. The average Bonchev–Trinajstić information content (AvgIpc) is 2.40. The van der Waals surface area contributed by atoms with Crippen LogP contribution in [0.2, 0.25) is 0 Å². The van der Waals surface area contributed by atoms with Gasteiger partial charge in [0.15, 0.2) is 0 Å². The molecule has 1 aromatic rings. The molecule has 0 fully saturated rings. The molecule has 4 N–H and O–H groups in total. The zero-order valence-corrected chi connectivity index (χ0v) is 10.4. The van der Waals surface area contributed by atoms with E-state index < -0.39 is 16.8 Å². The Kier molecular flexibility index (Phi) is 4.92. The molecular weight excluding hydrogens is 264 g/mol. The maximum atomic E-state index is 11.7. The van der Waals surface area contributed by atoms with Gasteiger partial charge in [0.1, 0.15) is 18.2 Å². The molecule has 1 heterocycles. The second kappa shape index (κ2) is 6.64. The van der Waals surface area contributed by atoms with Crippen LogP contribution in [0.3, 0.4) is 0 Å². The first-order valence-corrected chi connectivity index (χ1v) is 5.26. The van der Waals surface area contributed by atoms with Crippen molar-refractivity contribution in [3.63, 3.8) is 0 Å². The third kappa shape index (κ3) is 3.63. The normalized spacial score (nSPS) is 11.0. The molecule has 0 atom stereocenters. The number of aromatic nitrogens is 1. The molecule has 0 aromatic carbocycles. The van der Waals surface area contributed by atoms with Gasteiger partial charge in [-0.1, -0.05) is 11.6 Å². The Labute approximate surface area is 114 Å². The van der Waals surface area contributed by atoms with Crippen LogP contribution in [0.1, 0.15) is 0 Å². The number of pyridine rings is 1. The van der Waals surface area contributed by atoms with Crippen LogP contribution in [0.5, 0.6) is 0 Å². The topological polar surface area (TPSA) is 136 Å². The fourth-order valence-electron chi connectivity index (χ4n) is 1.24. The second-order valence-corrected chi connectivity index (χ2v) is 3.37. The number of amides is 2. The fraction of sp³-hybridized carbons (Fsp3) is 0. The molecule has 0 unspecified atom stereocenters. The number of nitrogens with two attached hydrogens (primary N) is 1. The van der Waals surface area contributed by atoms with E-state index in [1.807, 2.05) is 0 Å². The number of carbonyl (C=O) groups excluding carboxylic acids is 1. The van der Waals surface area contributed by atoms with Crippen LogP contribution in [-0.4, -0.2) is 22.7 Å². The summed E-state index contributed by atoms with van der Waals surface area (Å²) in [6.07, 6.45) is 2.54. The molecule has 9 heteroatoms. The van der Waals surface area contributed by atoms with Gasteiger partial charge in [-0.25, -0.2) is 9.78 Å². The van der Waals surface area contributed by atoms with Crippen LogP contribution in [0.4, 0.5) is 16.3 Å². The van der Waals surface area contributed by atoms with Crippen molar-refractivity contribution in [1.82, 2.24) is 10.3 Å². The smallest absolute Gasteiger partial charge is 0.382 e. The highest BCUT2D eigenvalue weighted by atomic mass is 16.6. The summed E-state index contributed by atoms with van der Waals surface area (Å²) in [5, 5.41) is 15.3. The summed E-state index contributed by atoms with van der Waals surface area (Å²) in [5.41, 5.74) is 5.62. The van der Waals surface area contributed by atoms with E-state index in [4.69, 9.17) is 5.73 Å². The predicted molar refractivity (Wildman–Crippen MR) is 74.6 cm³/mol. The van der Waals surface area contributed by atoms with Crippen molar-refractivity contribution < 1.29 is 9.72 Å². The van der Waals surface area contributed by atoms with Crippen molar-refractivity contribution in [1.29, 1.82) is 0 Å². The molecule has 0 saturated carbocycles. The van der Waals surface area contributed by atoms with Crippen LogP contribution < -0.4 is 16.4 Å².